The lowest BCUT2D eigenvalue weighted by Crippen LogP contribution is -2.38. The van der Waals surface area contributed by atoms with Crippen LogP contribution < -0.4 is 9.64 Å². The van der Waals surface area contributed by atoms with Crippen molar-refractivity contribution in [1.82, 2.24) is 14.9 Å². The van der Waals surface area contributed by atoms with Crippen molar-refractivity contribution in [3.63, 3.8) is 0 Å². The van der Waals surface area contributed by atoms with Crippen molar-refractivity contribution in [2.24, 2.45) is 0 Å². The zero-order valence-electron chi connectivity index (χ0n) is 15.3. The van der Waals surface area contributed by atoms with Crippen LogP contribution in [0, 0.1) is 11.3 Å². The lowest BCUT2D eigenvalue weighted by Gasteiger charge is -2.27. The molecule has 2 heterocycles. The Morgan fingerprint density at radius 3 is 2.69 bits per heavy atom. The minimum atomic E-state index is 0.192. The Hall–Kier alpha value is -2.69. The maximum atomic E-state index is 8.87. The van der Waals surface area contributed by atoms with Gasteiger partial charge < -0.3 is 19.3 Å². The van der Waals surface area contributed by atoms with Crippen LogP contribution in [0.25, 0.3) is 0 Å². The van der Waals surface area contributed by atoms with Gasteiger partial charge in [-0.2, -0.15) is 5.26 Å². The van der Waals surface area contributed by atoms with E-state index < -0.39 is 0 Å². The van der Waals surface area contributed by atoms with Crippen LogP contribution in [-0.4, -0.2) is 61.3 Å². The minimum Gasteiger partial charge on any atom is -0.439 e. The molecule has 0 aliphatic carbocycles. The fourth-order valence-corrected chi connectivity index (χ4v) is 3.18. The van der Waals surface area contributed by atoms with Gasteiger partial charge in [0.1, 0.15) is 17.9 Å². The molecule has 7 nitrogen and oxygen atoms in total. The quantitative estimate of drug-likeness (QED) is 0.789. The van der Waals surface area contributed by atoms with E-state index in [2.05, 4.69) is 39.9 Å². The SMILES string of the molecule is CO[C@H]1C[C@@H](CN(C)C)N(c2cc(Oc3ccc(C#N)cc3)ncn2)C1. The lowest BCUT2D eigenvalue weighted by atomic mass is 10.2. The summed E-state index contributed by atoms with van der Waals surface area (Å²) in [6, 6.07) is 11.2. The average Bonchev–Trinajstić information content (AvgIpc) is 3.05. The molecule has 2 atom stereocenters. The molecule has 26 heavy (non-hydrogen) atoms. The average molecular weight is 353 g/mol. The lowest BCUT2D eigenvalue weighted by molar-refractivity contribution is 0.117. The number of hydrogen-bond acceptors (Lipinski definition) is 7. The van der Waals surface area contributed by atoms with Gasteiger partial charge in [-0.15, -0.1) is 0 Å². The molecule has 7 heteroatoms. The van der Waals surface area contributed by atoms with Crippen molar-refractivity contribution in [2.45, 2.75) is 18.6 Å². The van der Waals surface area contributed by atoms with Crippen LogP contribution in [0.3, 0.4) is 0 Å². The van der Waals surface area contributed by atoms with Crippen molar-refractivity contribution in [3.05, 3.63) is 42.2 Å². The summed E-state index contributed by atoms with van der Waals surface area (Å²) in [6.45, 7) is 1.72. The summed E-state index contributed by atoms with van der Waals surface area (Å²) >= 11 is 0. The minimum absolute atomic E-state index is 0.192. The number of anilines is 1. The van der Waals surface area contributed by atoms with Gasteiger partial charge >= 0.3 is 0 Å². The Morgan fingerprint density at radius 1 is 1.27 bits per heavy atom. The van der Waals surface area contributed by atoms with E-state index in [0.717, 1.165) is 25.3 Å². The summed E-state index contributed by atoms with van der Waals surface area (Å²) in [5.74, 6) is 1.94. The summed E-state index contributed by atoms with van der Waals surface area (Å²) in [5, 5.41) is 8.87. The van der Waals surface area contributed by atoms with Gasteiger partial charge in [0.15, 0.2) is 0 Å². The molecule has 1 fully saturated rings. The molecular weight excluding hydrogens is 330 g/mol. The Kier molecular flexibility index (Phi) is 5.66. The zero-order chi connectivity index (χ0) is 18.5. The number of ether oxygens (including phenoxy) is 2. The molecule has 1 aromatic carbocycles. The van der Waals surface area contributed by atoms with Crippen LogP contribution in [0.15, 0.2) is 36.7 Å². The predicted octanol–water partition coefficient (Wildman–Crippen LogP) is 2.30. The van der Waals surface area contributed by atoms with Gasteiger partial charge in [-0.05, 0) is 44.8 Å². The first-order chi connectivity index (χ1) is 12.6. The number of rotatable bonds is 6. The highest BCUT2D eigenvalue weighted by atomic mass is 16.5. The number of nitriles is 1. The van der Waals surface area contributed by atoms with Crippen molar-refractivity contribution >= 4 is 5.82 Å². The molecule has 2 aromatic rings. The van der Waals surface area contributed by atoms with E-state index in [-0.39, 0.29) is 6.10 Å². The van der Waals surface area contributed by atoms with E-state index in [4.69, 9.17) is 14.7 Å². The topological polar surface area (TPSA) is 74.5 Å². The molecule has 136 valence electrons. The number of benzene rings is 1. The molecule has 0 saturated carbocycles. The van der Waals surface area contributed by atoms with Crippen molar-refractivity contribution < 1.29 is 9.47 Å². The maximum Gasteiger partial charge on any atom is 0.224 e. The molecule has 1 aliphatic heterocycles. The fourth-order valence-electron chi connectivity index (χ4n) is 3.18. The third-order valence-electron chi connectivity index (χ3n) is 4.41. The Morgan fingerprint density at radius 2 is 2.04 bits per heavy atom. The van der Waals surface area contributed by atoms with E-state index in [1.54, 1.807) is 31.4 Å². The molecule has 0 amide bonds. The number of hydrogen-bond donors (Lipinski definition) is 0. The number of likely N-dealkylation sites (N-methyl/N-ethyl adjacent to an activating group) is 1. The maximum absolute atomic E-state index is 8.87. The van der Waals surface area contributed by atoms with Crippen LogP contribution in [-0.2, 0) is 4.74 Å². The third kappa shape index (κ3) is 4.28. The van der Waals surface area contributed by atoms with Gasteiger partial charge in [0, 0.05) is 32.3 Å². The van der Waals surface area contributed by atoms with E-state index in [1.807, 2.05) is 6.07 Å². The van der Waals surface area contributed by atoms with Crippen LogP contribution >= 0.6 is 0 Å². The number of nitrogens with zero attached hydrogens (tertiary/aromatic N) is 5. The van der Waals surface area contributed by atoms with Crippen molar-refractivity contribution in [1.29, 1.82) is 5.26 Å². The fraction of sp³-hybridized carbons (Fsp3) is 0.421. The summed E-state index contributed by atoms with van der Waals surface area (Å²) in [4.78, 5) is 13.1. The first-order valence-electron chi connectivity index (χ1n) is 8.53. The highest BCUT2D eigenvalue weighted by Crippen LogP contribution is 2.28. The van der Waals surface area contributed by atoms with Gasteiger partial charge in [-0.25, -0.2) is 9.97 Å². The van der Waals surface area contributed by atoms with E-state index in [0.29, 0.717) is 23.2 Å². The van der Waals surface area contributed by atoms with E-state index in [9.17, 15) is 0 Å². The molecule has 0 N–H and O–H groups in total. The first kappa shape index (κ1) is 18.1. The van der Waals surface area contributed by atoms with Crippen LogP contribution in [0.5, 0.6) is 11.6 Å². The second-order valence-electron chi connectivity index (χ2n) is 6.61. The van der Waals surface area contributed by atoms with Gasteiger partial charge in [-0.3, -0.25) is 0 Å². The standard InChI is InChI=1S/C19H23N5O2/c1-23(2)11-15-8-17(25-3)12-24(15)18-9-19(22-13-21-18)26-16-6-4-14(10-20)5-7-16/h4-7,9,13,15,17H,8,11-12H2,1-3H3/t15-,17-/m0/s1. The number of aromatic nitrogens is 2. The molecular formula is C19H23N5O2. The summed E-state index contributed by atoms with van der Waals surface area (Å²) < 4.78 is 11.4. The predicted molar refractivity (Wildman–Crippen MR) is 98.4 cm³/mol. The van der Waals surface area contributed by atoms with Gasteiger partial charge in [0.2, 0.25) is 5.88 Å². The second-order valence-corrected chi connectivity index (χ2v) is 6.61. The van der Waals surface area contributed by atoms with Crippen molar-refractivity contribution in [2.75, 3.05) is 39.2 Å². The Balaban J connectivity index is 1.77. The molecule has 3 rings (SSSR count). The molecule has 1 aromatic heterocycles. The Labute approximate surface area is 153 Å². The third-order valence-corrected chi connectivity index (χ3v) is 4.41. The number of methoxy groups -OCH3 is 1. The van der Waals surface area contributed by atoms with Gasteiger partial charge in [0.05, 0.1) is 17.7 Å². The molecule has 0 spiro atoms. The first-order valence-corrected chi connectivity index (χ1v) is 8.53. The molecule has 0 radical (unpaired) electrons. The molecule has 1 aliphatic rings. The normalized spacial score (nSPS) is 19.6. The van der Waals surface area contributed by atoms with Gasteiger partial charge in [-0.1, -0.05) is 0 Å². The second kappa shape index (κ2) is 8.13. The Bertz CT molecular complexity index is 772. The van der Waals surface area contributed by atoms with Crippen LogP contribution in [0.4, 0.5) is 5.82 Å². The molecule has 0 unspecified atom stereocenters. The highest BCUT2D eigenvalue weighted by molar-refractivity contribution is 5.45. The van der Waals surface area contributed by atoms with E-state index in [1.165, 1.54) is 6.33 Å². The summed E-state index contributed by atoms with van der Waals surface area (Å²) in [6.07, 6.45) is 2.67. The zero-order valence-corrected chi connectivity index (χ0v) is 15.3. The highest BCUT2D eigenvalue weighted by Gasteiger charge is 2.33. The van der Waals surface area contributed by atoms with Gasteiger partial charge in [0.25, 0.3) is 0 Å². The summed E-state index contributed by atoms with van der Waals surface area (Å²) in [7, 11) is 5.88. The van der Waals surface area contributed by atoms with Crippen LogP contribution in [0.1, 0.15) is 12.0 Å². The van der Waals surface area contributed by atoms with Crippen LogP contribution in [0.2, 0.25) is 0 Å². The monoisotopic (exact) mass is 353 g/mol. The summed E-state index contributed by atoms with van der Waals surface area (Å²) in [5.41, 5.74) is 0.593. The molecule has 1 saturated heterocycles. The molecule has 0 bridgehead atoms. The van der Waals surface area contributed by atoms with Crippen molar-refractivity contribution in [3.8, 4) is 17.7 Å². The largest absolute Gasteiger partial charge is 0.439 e. The van der Waals surface area contributed by atoms with E-state index >= 15 is 0 Å². The smallest absolute Gasteiger partial charge is 0.224 e.